The summed E-state index contributed by atoms with van der Waals surface area (Å²) in [7, 11) is 3.37. The van der Waals surface area contributed by atoms with Crippen LogP contribution in [0.2, 0.25) is 0 Å². The van der Waals surface area contributed by atoms with E-state index in [-0.39, 0.29) is 11.5 Å². The van der Waals surface area contributed by atoms with E-state index in [1.165, 1.54) is 11.1 Å². The molecule has 0 saturated heterocycles. The summed E-state index contributed by atoms with van der Waals surface area (Å²) in [5.41, 5.74) is 2.02. The van der Waals surface area contributed by atoms with Crippen molar-refractivity contribution >= 4 is 11.6 Å². The number of anilines is 1. The molecule has 96 valence electrons. The van der Waals surface area contributed by atoms with Crippen LogP contribution in [0.15, 0.2) is 30.0 Å². The molecule has 0 saturated carbocycles. The van der Waals surface area contributed by atoms with Crippen molar-refractivity contribution in [2.24, 2.45) is 0 Å². The van der Waals surface area contributed by atoms with E-state index in [4.69, 9.17) is 10.5 Å². The van der Waals surface area contributed by atoms with Gasteiger partial charge < -0.3 is 10.2 Å². The average molecular weight is 254 g/mol. The van der Waals surface area contributed by atoms with E-state index >= 15 is 0 Å². The fraction of sp³-hybridized carbons (Fsp3) is 0.214. The predicted octanol–water partition coefficient (Wildman–Crippen LogP) is 2.04. The van der Waals surface area contributed by atoms with E-state index in [1.807, 2.05) is 6.92 Å². The fourth-order valence-corrected chi connectivity index (χ4v) is 1.50. The first kappa shape index (κ1) is 14.3. The first-order chi connectivity index (χ1) is 9.01. The quantitative estimate of drug-likeness (QED) is 0.837. The Labute approximate surface area is 112 Å². The molecule has 0 bridgehead atoms. The summed E-state index contributed by atoms with van der Waals surface area (Å²) in [4.78, 5) is 13.4. The molecule has 0 unspecified atom stereocenters. The monoisotopic (exact) mass is 254 g/mol. The number of carbonyl (C=O) groups is 1. The topological polar surface area (TPSA) is 79.9 Å². The molecule has 0 aliphatic heterocycles. The molecule has 0 aromatic heterocycles. The molecule has 5 heteroatoms. The van der Waals surface area contributed by atoms with Crippen LogP contribution in [0.5, 0.6) is 0 Å². The Morgan fingerprint density at radius 2 is 1.95 bits per heavy atom. The number of rotatable bonds is 3. The summed E-state index contributed by atoms with van der Waals surface area (Å²) in [5.74, 6) is -0.0917. The van der Waals surface area contributed by atoms with E-state index < -0.39 is 0 Å². The van der Waals surface area contributed by atoms with Crippen molar-refractivity contribution in [2.75, 3.05) is 19.4 Å². The zero-order valence-corrected chi connectivity index (χ0v) is 11.1. The molecule has 0 aliphatic rings. The first-order valence-corrected chi connectivity index (χ1v) is 5.59. The molecule has 0 spiro atoms. The number of hydrogen-bond acceptors (Lipinski definition) is 4. The van der Waals surface area contributed by atoms with Crippen molar-refractivity contribution in [2.45, 2.75) is 6.92 Å². The molecule has 19 heavy (non-hydrogen) atoms. The highest BCUT2D eigenvalue weighted by atomic mass is 16.2. The third-order valence-electron chi connectivity index (χ3n) is 2.58. The highest BCUT2D eigenvalue weighted by molar-refractivity contribution is 5.96. The maximum Gasteiger partial charge on any atom is 0.253 e. The summed E-state index contributed by atoms with van der Waals surface area (Å²) in [6.07, 6.45) is 1.33. The molecular formula is C14H14N4O. The van der Waals surface area contributed by atoms with Crippen LogP contribution in [-0.2, 0) is 0 Å². The number of carbonyl (C=O) groups excluding carboxylic acids is 1. The van der Waals surface area contributed by atoms with E-state index in [1.54, 1.807) is 44.4 Å². The third-order valence-corrected chi connectivity index (χ3v) is 2.58. The van der Waals surface area contributed by atoms with Gasteiger partial charge in [0.05, 0.1) is 0 Å². The maximum atomic E-state index is 11.9. The Hall–Kier alpha value is -2.79. The van der Waals surface area contributed by atoms with Gasteiger partial charge in [-0.2, -0.15) is 10.5 Å². The van der Waals surface area contributed by atoms with Crippen LogP contribution in [0.4, 0.5) is 5.69 Å². The van der Waals surface area contributed by atoms with Gasteiger partial charge in [0.25, 0.3) is 5.91 Å². The summed E-state index contributed by atoms with van der Waals surface area (Å²) in [5, 5.41) is 20.2. The largest absolute Gasteiger partial charge is 0.360 e. The number of nitriles is 2. The Morgan fingerprint density at radius 3 is 2.47 bits per heavy atom. The predicted molar refractivity (Wildman–Crippen MR) is 72.1 cm³/mol. The number of nitrogens with one attached hydrogen (secondary N) is 1. The number of allylic oxidation sites excluding steroid dienone is 1. The van der Waals surface area contributed by atoms with Gasteiger partial charge in [-0.1, -0.05) is 6.07 Å². The van der Waals surface area contributed by atoms with E-state index in [0.29, 0.717) is 11.3 Å². The molecule has 5 nitrogen and oxygen atoms in total. The summed E-state index contributed by atoms with van der Waals surface area (Å²) < 4.78 is 0. The van der Waals surface area contributed by atoms with Crippen LogP contribution in [0.3, 0.4) is 0 Å². The Bertz CT molecular complexity index is 587. The zero-order valence-electron chi connectivity index (χ0n) is 11.1. The first-order valence-electron chi connectivity index (χ1n) is 5.59. The fourth-order valence-electron chi connectivity index (χ4n) is 1.50. The summed E-state index contributed by atoms with van der Waals surface area (Å²) >= 11 is 0. The second-order valence-corrected chi connectivity index (χ2v) is 4.10. The van der Waals surface area contributed by atoms with Crippen molar-refractivity contribution in [1.29, 1.82) is 10.5 Å². The third kappa shape index (κ3) is 3.34. The van der Waals surface area contributed by atoms with Crippen molar-refractivity contribution in [3.05, 3.63) is 41.1 Å². The van der Waals surface area contributed by atoms with Crippen molar-refractivity contribution < 1.29 is 4.79 Å². The molecular weight excluding hydrogens is 240 g/mol. The molecule has 1 aromatic rings. The minimum Gasteiger partial charge on any atom is -0.360 e. The van der Waals surface area contributed by atoms with Gasteiger partial charge in [0.15, 0.2) is 0 Å². The van der Waals surface area contributed by atoms with E-state index in [2.05, 4.69) is 5.32 Å². The molecule has 1 aromatic carbocycles. The molecule has 0 atom stereocenters. The highest BCUT2D eigenvalue weighted by Crippen LogP contribution is 2.20. The van der Waals surface area contributed by atoms with Gasteiger partial charge in [0.1, 0.15) is 17.7 Å². The lowest BCUT2D eigenvalue weighted by molar-refractivity contribution is 0.0827. The van der Waals surface area contributed by atoms with Crippen LogP contribution in [0.25, 0.3) is 0 Å². The van der Waals surface area contributed by atoms with Crippen LogP contribution < -0.4 is 5.32 Å². The van der Waals surface area contributed by atoms with Gasteiger partial charge in [-0.05, 0) is 24.6 Å². The van der Waals surface area contributed by atoms with Gasteiger partial charge in [-0.3, -0.25) is 4.79 Å². The second-order valence-electron chi connectivity index (χ2n) is 4.10. The van der Waals surface area contributed by atoms with Crippen LogP contribution in [0, 0.1) is 29.6 Å². The van der Waals surface area contributed by atoms with Crippen molar-refractivity contribution in [1.82, 2.24) is 4.90 Å². The van der Waals surface area contributed by atoms with Crippen molar-refractivity contribution in [3.63, 3.8) is 0 Å². The molecule has 0 fully saturated rings. The normalized spacial score (nSPS) is 8.89. The van der Waals surface area contributed by atoms with Gasteiger partial charge >= 0.3 is 0 Å². The summed E-state index contributed by atoms with van der Waals surface area (Å²) in [6.45, 7) is 1.81. The van der Waals surface area contributed by atoms with E-state index in [9.17, 15) is 4.79 Å². The SMILES string of the molecule is Cc1c(NC=C(C#N)C#N)cccc1C(=O)N(C)C. The molecule has 1 rings (SSSR count). The summed E-state index contributed by atoms with van der Waals surface area (Å²) in [6, 6.07) is 8.79. The number of nitrogens with zero attached hydrogens (tertiary/aromatic N) is 3. The lowest BCUT2D eigenvalue weighted by atomic mass is 10.1. The van der Waals surface area contributed by atoms with Gasteiger partial charge in [-0.25, -0.2) is 0 Å². The lowest BCUT2D eigenvalue weighted by Crippen LogP contribution is -2.22. The van der Waals surface area contributed by atoms with Gasteiger partial charge in [0.2, 0.25) is 0 Å². The van der Waals surface area contributed by atoms with Crippen LogP contribution in [0.1, 0.15) is 15.9 Å². The molecule has 0 heterocycles. The van der Waals surface area contributed by atoms with Gasteiger partial charge in [0, 0.05) is 31.5 Å². The van der Waals surface area contributed by atoms with Crippen LogP contribution >= 0.6 is 0 Å². The smallest absolute Gasteiger partial charge is 0.253 e. The van der Waals surface area contributed by atoms with Gasteiger partial charge in [-0.15, -0.1) is 0 Å². The number of amides is 1. The molecule has 1 N–H and O–H groups in total. The zero-order chi connectivity index (χ0) is 14.4. The molecule has 0 radical (unpaired) electrons. The Morgan fingerprint density at radius 1 is 1.32 bits per heavy atom. The van der Waals surface area contributed by atoms with Crippen molar-refractivity contribution in [3.8, 4) is 12.1 Å². The minimum atomic E-state index is -0.0917. The second kappa shape index (κ2) is 6.23. The molecule has 1 amide bonds. The Kier molecular flexibility index (Phi) is 4.68. The van der Waals surface area contributed by atoms with Crippen LogP contribution in [-0.4, -0.2) is 24.9 Å². The lowest BCUT2D eigenvalue weighted by Gasteiger charge is -2.14. The highest BCUT2D eigenvalue weighted by Gasteiger charge is 2.12. The Balaban J connectivity index is 3.10. The number of benzene rings is 1. The maximum absolute atomic E-state index is 11.9. The minimum absolute atomic E-state index is 0.0243. The standard InChI is InChI=1S/C14H14N4O/c1-10-12(14(19)18(2)3)5-4-6-13(10)17-9-11(7-15)8-16/h4-6,9,17H,1-3H3. The molecule has 0 aliphatic carbocycles. The van der Waals surface area contributed by atoms with E-state index in [0.717, 1.165) is 5.56 Å². The number of hydrogen-bond donors (Lipinski definition) is 1. The average Bonchev–Trinajstić information content (AvgIpc) is 2.40.